The van der Waals surface area contributed by atoms with Crippen LogP contribution in [0.5, 0.6) is 5.75 Å². The summed E-state index contributed by atoms with van der Waals surface area (Å²) in [6, 6.07) is 3.38. The van der Waals surface area contributed by atoms with Gasteiger partial charge in [0.05, 0.1) is 31.7 Å². The molecule has 12 heteroatoms. The van der Waals surface area contributed by atoms with E-state index in [1.54, 1.807) is 34.3 Å². The molecule has 2 fully saturated rings. The van der Waals surface area contributed by atoms with Crippen LogP contribution in [0.2, 0.25) is 0 Å². The highest BCUT2D eigenvalue weighted by molar-refractivity contribution is 9.10. The number of aliphatic hydroxyl groups excluding tert-OH is 1. The minimum Gasteiger partial charge on any atom is -0.491 e. The van der Waals surface area contributed by atoms with Gasteiger partial charge in [0.25, 0.3) is 0 Å². The van der Waals surface area contributed by atoms with Crippen molar-refractivity contribution in [3.63, 3.8) is 0 Å². The SMILES string of the molecule is CC(C)(C)OC(=O)N1CCC(COc2cc(Br)cn3cncc23)CC1.Fc1cc(Br)cn2cncc12.OCC1CCCCC1. The first kappa shape index (κ1) is 34.2. The van der Waals surface area contributed by atoms with Gasteiger partial charge in [0.1, 0.15) is 28.2 Å². The molecule has 1 aliphatic carbocycles. The highest BCUT2D eigenvalue weighted by Gasteiger charge is 2.27. The lowest BCUT2D eigenvalue weighted by atomic mass is 9.90. The van der Waals surface area contributed by atoms with Crippen molar-refractivity contribution < 1.29 is 23.8 Å². The Morgan fingerprint density at radius 1 is 0.932 bits per heavy atom. The molecule has 6 rings (SSSR count). The van der Waals surface area contributed by atoms with Crippen molar-refractivity contribution >= 4 is 49.0 Å². The van der Waals surface area contributed by atoms with Crippen molar-refractivity contribution in [2.45, 2.75) is 71.3 Å². The maximum atomic E-state index is 13.0. The fourth-order valence-corrected chi connectivity index (χ4v) is 6.08. The van der Waals surface area contributed by atoms with Crippen LogP contribution < -0.4 is 4.74 Å². The molecule has 1 aliphatic heterocycles. The number of ether oxygens (including phenoxy) is 2. The molecule has 4 aromatic heterocycles. The topological polar surface area (TPSA) is 93.6 Å². The van der Waals surface area contributed by atoms with Gasteiger partial charge in [-0.05, 0) is 102 Å². The quantitative estimate of drug-likeness (QED) is 0.229. The summed E-state index contributed by atoms with van der Waals surface area (Å²) in [5, 5.41) is 8.69. The van der Waals surface area contributed by atoms with Gasteiger partial charge in [-0.3, -0.25) is 0 Å². The Kier molecular flexibility index (Phi) is 12.5. The van der Waals surface area contributed by atoms with Crippen LogP contribution in [0, 0.1) is 17.7 Å². The van der Waals surface area contributed by atoms with Gasteiger partial charge in [0, 0.05) is 41.0 Å². The van der Waals surface area contributed by atoms with Crippen LogP contribution in [0.4, 0.5) is 9.18 Å². The van der Waals surface area contributed by atoms with Crippen LogP contribution in [0.25, 0.3) is 11.0 Å². The minimum absolute atomic E-state index is 0.222. The summed E-state index contributed by atoms with van der Waals surface area (Å²) in [5.41, 5.74) is 0.997. The Balaban J connectivity index is 0.000000189. The zero-order valence-electron chi connectivity index (χ0n) is 25.6. The van der Waals surface area contributed by atoms with Crippen LogP contribution in [0.1, 0.15) is 65.7 Å². The molecular weight excluding hydrogens is 697 g/mol. The van der Waals surface area contributed by atoms with Crippen molar-refractivity contribution in [2.24, 2.45) is 11.8 Å². The van der Waals surface area contributed by atoms with E-state index in [0.717, 1.165) is 28.6 Å². The number of imidazole rings is 2. The van der Waals surface area contributed by atoms with Gasteiger partial charge >= 0.3 is 6.09 Å². The lowest BCUT2D eigenvalue weighted by molar-refractivity contribution is 0.0165. The Labute approximate surface area is 275 Å². The summed E-state index contributed by atoms with van der Waals surface area (Å²) in [5.74, 6) is 1.63. The number of hydrogen-bond acceptors (Lipinski definition) is 6. The van der Waals surface area contributed by atoms with Gasteiger partial charge in [-0.2, -0.15) is 0 Å². The molecule has 0 unspecified atom stereocenters. The lowest BCUT2D eigenvalue weighted by Crippen LogP contribution is -2.42. The number of likely N-dealkylation sites (tertiary alicyclic amines) is 1. The second kappa shape index (κ2) is 16.0. The van der Waals surface area contributed by atoms with E-state index in [0.29, 0.717) is 48.1 Å². The minimum atomic E-state index is -0.450. The number of fused-ring (bicyclic) bond motifs is 2. The van der Waals surface area contributed by atoms with Crippen LogP contribution in [-0.4, -0.2) is 66.8 Å². The summed E-state index contributed by atoms with van der Waals surface area (Å²) >= 11 is 6.67. The molecular formula is C32H42Br2FN5O4. The Morgan fingerprint density at radius 2 is 1.52 bits per heavy atom. The fraction of sp³-hybridized carbons (Fsp3) is 0.531. The molecule has 9 nitrogen and oxygen atoms in total. The number of rotatable bonds is 4. The molecule has 0 spiro atoms. The molecule has 1 saturated carbocycles. The van der Waals surface area contributed by atoms with Gasteiger partial charge in [-0.25, -0.2) is 19.2 Å². The van der Waals surface area contributed by atoms with E-state index >= 15 is 0 Å². The Morgan fingerprint density at radius 3 is 2.11 bits per heavy atom. The van der Waals surface area contributed by atoms with Gasteiger partial charge in [0.15, 0.2) is 0 Å². The Bertz CT molecular complexity index is 1490. The second-order valence-electron chi connectivity index (χ2n) is 12.3. The molecule has 1 N–H and O–H groups in total. The summed E-state index contributed by atoms with van der Waals surface area (Å²) < 4.78 is 29.7. The molecule has 0 radical (unpaired) electrons. The molecule has 44 heavy (non-hydrogen) atoms. The smallest absolute Gasteiger partial charge is 0.410 e. The normalized spacial score (nSPS) is 16.2. The van der Waals surface area contributed by atoms with E-state index in [-0.39, 0.29) is 11.9 Å². The maximum Gasteiger partial charge on any atom is 0.410 e. The number of carbonyl (C=O) groups is 1. The molecule has 4 aromatic rings. The summed E-state index contributed by atoms with van der Waals surface area (Å²) in [4.78, 5) is 21.9. The van der Waals surface area contributed by atoms with E-state index in [4.69, 9.17) is 14.6 Å². The van der Waals surface area contributed by atoms with E-state index in [9.17, 15) is 9.18 Å². The zero-order chi connectivity index (χ0) is 31.7. The number of pyridine rings is 2. The van der Waals surface area contributed by atoms with E-state index in [2.05, 4.69) is 41.8 Å². The summed E-state index contributed by atoms with van der Waals surface area (Å²) in [6.45, 7) is 8.15. The number of halogens is 3. The number of carbonyl (C=O) groups excluding carboxylic acids is 1. The van der Waals surface area contributed by atoms with Gasteiger partial charge in [-0.1, -0.05) is 19.3 Å². The third kappa shape index (κ3) is 10.2. The fourth-order valence-electron chi connectivity index (χ4n) is 5.23. The van der Waals surface area contributed by atoms with Gasteiger partial charge < -0.3 is 28.3 Å². The highest BCUT2D eigenvalue weighted by Crippen LogP contribution is 2.27. The molecule has 1 saturated heterocycles. The third-order valence-corrected chi connectivity index (χ3v) is 8.48. The van der Waals surface area contributed by atoms with Crippen LogP contribution in [0.3, 0.4) is 0 Å². The standard InChI is InChI=1S/C18H24BrN3O3.C7H4BrFN2.C7H14O/c1-18(2,3)25-17(23)21-6-4-13(5-7-21)11-24-16-8-14(19)10-22-12-20-9-15(16)22;8-5-1-6(9)7-2-10-4-11(7)3-5;8-6-7-4-2-1-3-5-7/h8-10,12-13H,4-7,11H2,1-3H3;1-4H;7-8H,1-6H2. The molecule has 240 valence electrons. The van der Waals surface area contributed by atoms with Crippen LogP contribution in [0.15, 0.2) is 58.5 Å². The first-order chi connectivity index (χ1) is 21.0. The van der Waals surface area contributed by atoms with Crippen molar-refractivity contribution in [1.82, 2.24) is 23.7 Å². The van der Waals surface area contributed by atoms with Crippen LogP contribution in [-0.2, 0) is 4.74 Å². The van der Waals surface area contributed by atoms with E-state index in [1.807, 2.05) is 37.4 Å². The molecule has 0 aromatic carbocycles. The average molecular weight is 740 g/mol. The van der Waals surface area contributed by atoms with Crippen molar-refractivity contribution in [3.05, 3.63) is 64.3 Å². The molecule has 5 heterocycles. The van der Waals surface area contributed by atoms with Crippen molar-refractivity contribution in [2.75, 3.05) is 26.3 Å². The van der Waals surface area contributed by atoms with E-state index < -0.39 is 5.60 Å². The highest BCUT2D eigenvalue weighted by atomic mass is 79.9. The number of amides is 1. The van der Waals surface area contributed by atoms with Crippen molar-refractivity contribution in [1.29, 1.82) is 0 Å². The van der Waals surface area contributed by atoms with Crippen molar-refractivity contribution in [3.8, 4) is 5.75 Å². The lowest BCUT2D eigenvalue weighted by Gasteiger charge is -2.33. The van der Waals surface area contributed by atoms with Gasteiger partial charge in [0.2, 0.25) is 0 Å². The number of aliphatic hydroxyl groups is 1. The molecule has 0 atom stereocenters. The third-order valence-electron chi connectivity index (χ3n) is 7.61. The number of piperidine rings is 1. The van der Waals surface area contributed by atoms with Crippen LogP contribution >= 0.6 is 31.9 Å². The molecule has 1 amide bonds. The number of aromatic nitrogens is 4. The first-order valence-corrected chi connectivity index (χ1v) is 16.7. The van der Waals surface area contributed by atoms with E-state index in [1.165, 1.54) is 44.4 Å². The monoisotopic (exact) mass is 737 g/mol. The first-order valence-electron chi connectivity index (χ1n) is 15.1. The predicted molar refractivity (Wildman–Crippen MR) is 175 cm³/mol. The maximum absolute atomic E-state index is 13.0. The largest absolute Gasteiger partial charge is 0.491 e. The average Bonchev–Trinajstić information content (AvgIpc) is 3.66. The number of nitrogens with zero attached hydrogens (tertiary/aromatic N) is 5. The Hall–Kier alpha value is -2.70. The molecule has 0 bridgehead atoms. The predicted octanol–water partition coefficient (Wildman–Crippen LogP) is 7.92. The zero-order valence-corrected chi connectivity index (χ0v) is 28.8. The summed E-state index contributed by atoms with van der Waals surface area (Å²) in [7, 11) is 0. The summed E-state index contributed by atoms with van der Waals surface area (Å²) in [6.07, 6.45) is 18.5. The molecule has 2 aliphatic rings. The van der Waals surface area contributed by atoms with Gasteiger partial charge in [-0.15, -0.1) is 0 Å². The second-order valence-corrected chi connectivity index (χ2v) is 14.1. The number of hydrogen-bond donors (Lipinski definition) is 1.